The lowest BCUT2D eigenvalue weighted by Crippen LogP contribution is -2.53. The number of carbonyl (C=O) groups excluding carboxylic acids is 1. The molecule has 0 radical (unpaired) electrons. The molecule has 1 aromatic rings. The van der Waals surface area contributed by atoms with Gasteiger partial charge in [0.05, 0.1) is 6.61 Å². The van der Waals surface area contributed by atoms with Gasteiger partial charge in [-0.2, -0.15) is 0 Å². The third-order valence-electron chi connectivity index (χ3n) is 6.28. The van der Waals surface area contributed by atoms with Crippen LogP contribution >= 0.6 is 0 Å². The van der Waals surface area contributed by atoms with E-state index in [-0.39, 0.29) is 24.5 Å². The normalized spacial score (nSPS) is 33.5. The number of benzene rings is 1. The lowest BCUT2D eigenvalue weighted by Gasteiger charge is -2.55. The Hall–Kier alpha value is -1.55. The summed E-state index contributed by atoms with van der Waals surface area (Å²) in [6, 6.07) is 7.74. The summed E-state index contributed by atoms with van der Waals surface area (Å²) < 4.78 is 5.57. The zero-order valence-electron chi connectivity index (χ0n) is 14.2. The fraction of sp³-hybridized carbons (Fsp3) is 0.650. The molecular formula is C20H27NO3. The molecule has 4 fully saturated rings. The monoisotopic (exact) mass is 329 g/mol. The number of rotatable bonds is 6. The van der Waals surface area contributed by atoms with E-state index in [2.05, 4.69) is 5.32 Å². The molecular weight excluding hydrogens is 302 g/mol. The van der Waals surface area contributed by atoms with Crippen molar-refractivity contribution in [3.63, 3.8) is 0 Å². The van der Waals surface area contributed by atoms with Crippen molar-refractivity contribution in [2.75, 3.05) is 13.2 Å². The number of hydrogen-bond acceptors (Lipinski definition) is 3. The minimum atomic E-state index is -0.102. The smallest absolute Gasteiger partial charge is 0.226 e. The molecule has 0 spiro atoms. The highest BCUT2D eigenvalue weighted by Crippen LogP contribution is 2.60. The minimum Gasteiger partial charge on any atom is -0.491 e. The van der Waals surface area contributed by atoms with Crippen LogP contribution in [0.1, 0.15) is 44.1 Å². The van der Waals surface area contributed by atoms with Crippen molar-refractivity contribution in [1.82, 2.24) is 5.32 Å². The molecule has 4 aliphatic rings. The van der Waals surface area contributed by atoms with E-state index in [4.69, 9.17) is 9.84 Å². The van der Waals surface area contributed by atoms with Gasteiger partial charge < -0.3 is 15.2 Å². The number of para-hydroxylation sites is 1. The Kier molecular flexibility index (Phi) is 4.25. The topological polar surface area (TPSA) is 58.6 Å². The van der Waals surface area contributed by atoms with E-state index in [1.807, 2.05) is 24.3 Å². The van der Waals surface area contributed by atoms with Crippen molar-refractivity contribution >= 4 is 5.91 Å². The van der Waals surface area contributed by atoms with Crippen molar-refractivity contribution < 1.29 is 14.6 Å². The third-order valence-corrected chi connectivity index (χ3v) is 6.28. The van der Waals surface area contributed by atoms with Crippen LogP contribution in [-0.4, -0.2) is 24.2 Å². The van der Waals surface area contributed by atoms with Crippen molar-refractivity contribution in [1.29, 1.82) is 0 Å². The predicted molar refractivity (Wildman–Crippen MR) is 91.5 cm³/mol. The summed E-state index contributed by atoms with van der Waals surface area (Å²) >= 11 is 0. The zero-order valence-corrected chi connectivity index (χ0v) is 14.2. The first-order valence-corrected chi connectivity index (χ1v) is 9.28. The summed E-state index contributed by atoms with van der Waals surface area (Å²) in [5, 5.41) is 12.1. The Labute approximate surface area is 143 Å². The Balaban J connectivity index is 1.42. The summed E-state index contributed by atoms with van der Waals surface area (Å²) in [7, 11) is 0. The number of hydrogen-bond donors (Lipinski definition) is 2. The second-order valence-electron chi connectivity index (χ2n) is 8.06. The highest BCUT2D eigenvalue weighted by molar-refractivity contribution is 5.83. The third kappa shape index (κ3) is 2.92. The van der Waals surface area contributed by atoms with Crippen LogP contribution in [0.25, 0.3) is 0 Å². The van der Waals surface area contributed by atoms with Crippen LogP contribution in [0.4, 0.5) is 0 Å². The molecule has 2 N–H and O–H groups in total. The molecule has 24 heavy (non-hydrogen) atoms. The largest absolute Gasteiger partial charge is 0.491 e. The SMILES string of the molecule is O=C(NCc1ccccc1OCCO)C12CC3CC(CC(C3)C1)C2. The van der Waals surface area contributed by atoms with Crippen LogP contribution in [0.5, 0.6) is 5.75 Å². The zero-order chi connectivity index (χ0) is 16.6. The molecule has 4 aliphatic carbocycles. The van der Waals surface area contributed by atoms with Gasteiger partial charge in [-0.3, -0.25) is 4.79 Å². The highest BCUT2D eigenvalue weighted by Gasteiger charge is 2.54. The molecule has 1 aromatic carbocycles. The summed E-state index contributed by atoms with van der Waals surface area (Å²) in [4.78, 5) is 13.0. The Morgan fingerprint density at radius 3 is 2.38 bits per heavy atom. The lowest BCUT2D eigenvalue weighted by molar-refractivity contribution is -0.146. The first-order chi connectivity index (χ1) is 11.7. The van der Waals surface area contributed by atoms with Crippen LogP contribution in [0, 0.1) is 23.2 Å². The Bertz CT molecular complexity index is 577. The van der Waals surface area contributed by atoms with Gasteiger partial charge in [-0.05, 0) is 62.3 Å². The van der Waals surface area contributed by atoms with E-state index >= 15 is 0 Å². The maximum absolute atomic E-state index is 13.0. The number of aliphatic hydroxyl groups excluding tert-OH is 1. The van der Waals surface area contributed by atoms with Crippen LogP contribution in [0.2, 0.25) is 0 Å². The van der Waals surface area contributed by atoms with Crippen molar-refractivity contribution in [3.05, 3.63) is 29.8 Å². The van der Waals surface area contributed by atoms with Crippen molar-refractivity contribution in [2.45, 2.75) is 45.1 Å². The molecule has 5 rings (SSSR count). The molecule has 0 saturated heterocycles. The number of ether oxygens (including phenoxy) is 1. The van der Waals surface area contributed by atoms with Crippen LogP contribution < -0.4 is 10.1 Å². The van der Waals surface area contributed by atoms with Gasteiger partial charge in [0.2, 0.25) is 5.91 Å². The maximum Gasteiger partial charge on any atom is 0.226 e. The molecule has 4 saturated carbocycles. The van der Waals surface area contributed by atoms with E-state index in [0.717, 1.165) is 48.3 Å². The summed E-state index contributed by atoms with van der Waals surface area (Å²) in [6.07, 6.45) is 7.33. The molecule has 0 unspecified atom stereocenters. The van der Waals surface area contributed by atoms with E-state index < -0.39 is 0 Å². The molecule has 1 amide bonds. The first-order valence-electron chi connectivity index (χ1n) is 9.28. The van der Waals surface area contributed by atoms with Gasteiger partial charge in [-0.1, -0.05) is 18.2 Å². The Morgan fingerprint density at radius 2 is 1.75 bits per heavy atom. The number of nitrogens with one attached hydrogen (secondary N) is 1. The molecule has 0 aromatic heterocycles. The van der Waals surface area contributed by atoms with Gasteiger partial charge in [0, 0.05) is 17.5 Å². The maximum atomic E-state index is 13.0. The quantitative estimate of drug-likeness (QED) is 0.844. The Morgan fingerprint density at radius 1 is 1.12 bits per heavy atom. The van der Waals surface area contributed by atoms with Crippen LogP contribution in [-0.2, 0) is 11.3 Å². The number of amides is 1. The van der Waals surface area contributed by atoms with Gasteiger partial charge in [0.25, 0.3) is 0 Å². The summed E-state index contributed by atoms with van der Waals surface area (Å²) in [5.41, 5.74) is 0.874. The van der Waals surface area contributed by atoms with E-state index in [1.54, 1.807) is 0 Å². The molecule has 130 valence electrons. The molecule has 4 bridgehead atoms. The highest BCUT2D eigenvalue weighted by atomic mass is 16.5. The van der Waals surface area contributed by atoms with Gasteiger partial charge in [0.15, 0.2) is 0 Å². The van der Waals surface area contributed by atoms with Crippen LogP contribution in [0.3, 0.4) is 0 Å². The van der Waals surface area contributed by atoms with Gasteiger partial charge in [0.1, 0.15) is 12.4 Å². The van der Waals surface area contributed by atoms with Crippen molar-refractivity contribution in [2.24, 2.45) is 23.2 Å². The molecule has 0 aliphatic heterocycles. The summed E-state index contributed by atoms with van der Waals surface area (Å²) in [5.74, 6) is 3.34. The van der Waals surface area contributed by atoms with E-state index in [0.29, 0.717) is 6.54 Å². The van der Waals surface area contributed by atoms with Gasteiger partial charge in [-0.25, -0.2) is 0 Å². The average Bonchev–Trinajstić information content (AvgIpc) is 2.57. The fourth-order valence-electron chi connectivity index (χ4n) is 5.70. The average molecular weight is 329 g/mol. The first kappa shape index (κ1) is 15.9. The van der Waals surface area contributed by atoms with E-state index in [9.17, 15) is 4.79 Å². The fourth-order valence-corrected chi connectivity index (χ4v) is 5.70. The standard InChI is InChI=1S/C20H27NO3/c22-5-6-24-18-4-2-1-3-17(18)13-21-19(23)20-10-14-7-15(11-20)9-16(8-14)12-20/h1-4,14-16,22H,5-13H2,(H,21,23). The molecule has 0 heterocycles. The second kappa shape index (κ2) is 6.40. The van der Waals surface area contributed by atoms with E-state index in [1.165, 1.54) is 19.3 Å². The lowest BCUT2D eigenvalue weighted by atomic mass is 9.49. The van der Waals surface area contributed by atoms with Crippen LogP contribution in [0.15, 0.2) is 24.3 Å². The van der Waals surface area contributed by atoms with Gasteiger partial charge in [-0.15, -0.1) is 0 Å². The van der Waals surface area contributed by atoms with Gasteiger partial charge >= 0.3 is 0 Å². The number of carbonyl (C=O) groups is 1. The predicted octanol–water partition coefficient (Wildman–Crippen LogP) is 2.89. The molecule has 0 atom stereocenters. The molecule has 4 heteroatoms. The van der Waals surface area contributed by atoms with Crippen molar-refractivity contribution in [3.8, 4) is 5.75 Å². The summed E-state index contributed by atoms with van der Waals surface area (Å²) in [6.45, 7) is 0.774. The second-order valence-corrected chi connectivity index (χ2v) is 8.06. The number of aliphatic hydroxyl groups is 1. The molecule has 4 nitrogen and oxygen atoms in total. The minimum absolute atomic E-state index is 0.00598.